The van der Waals surface area contributed by atoms with Crippen LogP contribution in [0.1, 0.15) is 13.3 Å². The number of benzene rings is 1. The molecule has 0 saturated carbocycles. The molecular formula is C16H27Cl2N3O. The lowest BCUT2D eigenvalue weighted by Gasteiger charge is -2.31. The third kappa shape index (κ3) is 6.03. The molecule has 6 heteroatoms. The Kier molecular flexibility index (Phi) is 10.2. The third-order valence-corrected chi connectivity index (χ3v) is 4.10. The van der Waals surface area contributed by atoms with Gasteiger partial charge in [0.15, 0.2) is 0 Å². The lowest BCUT2D eigenvalue weighted by atomic mass is 9.88. The first kappa shape index (κ1) is 21.0. The second kappa shape index (κ2) is 10.7. The highest BCUT2D eigenvalue weighted by atomic mass is 35.5. The number of rotatable bonds is 7. The normalized spacial score (nSPS) is 14.8. The predicted octanol–water partition coefficient (Wildman–Crippen LogP) is 2.33. The summed E-state index contributed by atoms with van der Waals surface area (Å²) in [5.74, 6) is 0.837. The molecular weight excluding hydrogens is 321 g/mol. The fraction of sp³-hybridized carbons (Fsp3) is 0.562. The fourth-order valence-corrected chi connectivity index (χ4v) is 2.38. The minimum Gasteiger partial charge on any atom is -0.375 e. The van der Waals surface area contributed by atoms with Gasteiger partial charge in [0.2, 0.25) is 5.91 Å². The molecule has 1 aromatic carbocycles. The molecule has 1 unspecified atom stereocenters. The molecule has 4 nitrogen and oxygen atoms in total. The predicted molar refractivity (Wildman–Crippen MR) is 97.4 cm³/mol. The Hall–Kier alpha value is -0.970. The number of anilines is 1. The molecule has 0 bridgehead atoms. The zero-order chi connectivity index (χ0) is 14.4. The number of para-hydroxylation sites is 1. The number of carbonyl (C=O) groups excluding carboxylic acids is 1. The van der Waals surface area contributed by atoms with Crippen LogP contribution in [0.2, 0.25) is 0 Å². The summed E-state index contributed by atoms with van der Waals surface area (Å²) in [6.07, 6.45) is 0.965. The Bertz CT molecular complexity index is 427. The molecule has 1 saturated heterocycles. The summed E-state index contributed by atoms with van der Waals surface area (Å²) in [7, 11) is 2.08. The molecule has 126 valence electrons. The van der Waals surface area contributed by atoms with Crippen LogP contribution in [-0.4, -0.2) is 39.1 Å². The first-order valence-electron chi connectivity index (χ1n) is 7.43. The van der Waals surface area contributed by atoms with Gasteiger partial charge in [-0.05, 0) is 37.6 Å². The fourth-order valence-electron chi connectivity index (χ4n) is 2.38. The van der Waals surface area contributed by atoms with Crippen molar-refractivity contribution in [2.75, 3.05) is 38.1 Å². The molecule has 1 aliphatic heterocycles. The minimum atomic E-state index is 0. The van der Waals surface area contributed by atoms with Gasteiger partial charge in [0.25, 0.3) is 0 Å². The molecule has 1 fully saturated rings. The van der Waals surface area contributed by atoms with Gasteiger partial charge < -0.3 is 15.5 Å². The van der Waals surface area contributed by atoms with Crippen LogP contribution < -0.4 is 15.5 Å². The largest absolute Gasteiger partial charge is 0.375 e. The Morgan fingerprint density at radius 3 is 2.50 bits per heavy atom. The van der Waals surface area contributed by atoms with Gasteiger partial charge in [0, 0.05) is 31.7 Å². The van der Waals surface area contributed by atoms with Crippen LogP contribution in [0.25, 0.3) is 0 Å². The van der Waals surface area contributed by atoms with Gasteiger partial charge in [-0.15, -0.1) is 24.8 Å². The van der Waals surface area contributed by atoms with E-state index in [1.165, 1.54) is 5.69 Å². The van der Waals surface area contributed by atoms with E-state index in [1.807, 2.05) is 25.1 Å². The van der Waals surface area contributed by atoms with E-state index in [-0.39, 0.29) is 36.6 Å². The molecule has 1 aliphatic rings. The second-order valence-corrected chi connectivity index (χ2v) is 5.61. The van der Waals surface area contributed by atoms with E-state index in [2.05, 4.69) is 34.7 Å². The van der Waals surface area contributed by atoms with Crippen molar-refractivity contribution in [2.45, 2.75) is 13.3 Å². The monoisotopic (exact) mass is 347 g/mol. The lowest BCUT2D eigenvalue weighted by Crippen LogP contribution is -2.49. The van der Waals surface area contributed by atoms with E-state index < -0.39 is 0 Å². The zero-order valence-corrected chi connectivity index (χ0v) is 14.9. The van der Waals surface area contributed by atoms with Crippen molar-refractivity contribution in [3.8, 4) is 0 Å². The van der Waals surface area contributed by atoms with Crippen LogP contribution in [0.5, 0.6) is 0 Å². The average Bonchev–Trinajstić information content (AvgIpc) is 2.42. The summed E-state index contributed by atoms with van der Waals surface area (Å²) in [5.41, 5.74) is 1.22. The van der Waals surface area contributed by atoms with Crippen molar-refractivity contribution < 1.29 is 4.79 Å². The molecule has 2 rings (SSSR count). The van der Waals surface area contributed by atoms with Crippen LogP contribution in [0.4, 0.5) is 5.69 Å². The van der Waals surface area contributed by atoms with Crippen molar-refractivity contribution in [3.63, 3.8) is 0 Å². The van der Waals surface area contributed by atoms with Gasteiger partial charge in [-0.25, -0.2) is 0 Å². The Balaban J connectivity index is 0.00000220. The maximum absolute atomic E-state index is 11.9. The van der Waals surface area contributed by atoms with Crippen molar-refractivity contribution >= 4 is 36.4 Å². The van der Waals surface area contributed by atoms with Crippen LogP contribution >= 0.6 is 24.8 Å². The zero-order valence-electron chi connectivity index (χ0n) is 13.2. The van der Waals surface area contributed by atoms with Gasteiger partial charge in [0.1, 0.15) is 0 Å². The highest BCUT2D eigenvalue weighted by Crippen LogP contribution is 2.15. The molecule has 0 radical (unpaired) electrons. The van der Waals surface area contributed by atoms with Gasteiger partial charge >= 0.3 is 0 Å². The highest BCUT2D eigenvalue weighted by molar-refractivity contribution is 5.85. The molecule has 2 N–H and O–H groups in total. The molecule has 1 amide bonds. The molecule has 1 heterocycles. The number of halogens is 2. The summed E-state index contributed by atoms with van der Waals surface area (Å²) in [6.45, 7) is 5.68. The summed E-state index contributed by atoms with van der Waals surface area (Å²) < 4.78 is 0. The highest BCUT2D eigenvalue weighted by Gasteiger charge is 2.28. The maximum Gasteiger partial charge on any atom is 0.223 e. The van der Waals surface area contributed by atoms with Crippen LogP contribution in [0.3, 0.4) is 0 Å². The van der Waals surface area contributed by atoms with E-state index in [0.29, 0.717) is 5.92 Å². The van der Waals surface area contributed by atoms with Crippen LogP contribution in [-0.2, 0) is 4.79 Å². The summed E-state index contributed by atoms with van der Waals surface area (Å²) in [6, 6.07) is 10.3. The van der Waals surface area contributed by atoms with Gasteiger partial charge in [0.05, 0.1) is 0 Å². The first-order valence-corrected chi connectivity index (χ1v) is 7.43. The number of carbonyl (C=O) groups is 1. The Morgan fingerprint density at radius 2 is 1.95 bits per heavy atom. The molecule has 0 aliphatic carbocycles. The molecule has 1 atom stereocenters. The Labute approximate surface area is 145 Å². The molecule has 0 aromatic heterocycles. The smallest absolute Gasteiger partial charge is 0.223 e. The first-order chi connectivity index (χ1) is 9.68. The molecule has 0 spiro atoms. The number of hydrogen-bond acceptors (Lipinski definition) is 3. The van der Waals surface area contributed by atoms with Crippen LogP contribution in [0.15, 0.2) is 30.3 Å². The molecule has 1 aromatic rings. The number of hydrogen-bond donors (Lipinski definition) is 2. The van der Waals surface area contributed by atoms with Gasteiger partial charge in [-0.3, -0.25) is 4.79 Å². The van der Waals surface area contributed by atoms with E-state index in [1.54, 1.807) is 0 Å². The topological polar surface area (TPSA) is 44.4 Å². The standard InChI is InChI=1S/C16H25N3O.2ClH/c1-13(14-11-17-12-14)16(20)18-9-6-10-19(2)15-7-4-3-5-8-15;;/h3-5,7-8,13-14,17H,6,9-12H2,1-2H3,(H,18,20);2*1H. The number of amides is 1. The second-order valence-electron chi connectivity index (χ2n) is 5.61. The van der Waals surface area contributed by atoms with Crippen LogP contribution in [0, 0.1) is 11.8 Å². The van der Waals surface area contributed by atoms with E-state index >= 15 is 0 Å². The van der Waals surface area contributed by atoms with E-state index in [0.717, 1.165) is 32.6 Å². The SMILES string of the molecule is CC(C(=O)NCCCN(C)c1ccccc1)C1CNC1.Cl.Cl. The number of nitrogens with one attached hydrogen (secondary N) is 2. The third-order valence-electron chi connectivity index (χ3n) is 4.10. The van der Waals surface area contributed by atoms with Crippen molar-refractivity contribution in [1.82, 2.24) is 10.6 Å². The quantitative estimate of drug-likeness (QED) is 0.744. The summed E-state index contributed by atoms with van der Waals surface area (Å²) in [5, 5.41) is 6.26. The van der Waals surface area contributed by atoms with Gasteiger partial charge in [-0.2, -0.15) is 0 Å². The average molecular weight is 348 g/mol. The van der Waals surface area contributed by atoms with Gasteiger partial charge in [-0.1, -0.05) is 25.1 Å². The summed E-state index contributed by atoms with van der Waals surface area (Å²) >= 11 is 0. The van der Waals surface area contributed by atoms with Crippen molar-refractivity contribution in [2.24, 2.45) is 11.8 Å². The lowest BCUT2D eigenvalue weighted by molar-refractivity contribution is -0.126. The number of nitrogens with zero attached hydrogens (tertiary/aromatic N) is 1. The van der Waals surface area contributed by atoms with Crippen molar-refractivity contribution in [3.05, 3.63) is 30.3 Å². The Morgan fingerprint density at radius 1 is 1.32 bits per heavy atom. The minimum absolute atomic E-state index is 0. The van der Waals surface area contributed by atoms with E-state index in [9.17, 15) is 4.79 Å². The maximum atomic E-state index is 11.9. The summed E-state index contributed by atoms with van der Waals surface area (Å²) in [4.78, 5) is 14.2. The van der Waals surface area contributed by atoms with Crippen molar-refractivity contribution in [1.29, 1.82) is 0 Å². The van der Waals surface area contributed by atoms with E-state index in [4.69, 9.17) is 0 Å². The molecule has 22 heavy (non-hydrogen) atoms.